The van der Waals surface area contributed by atoms with Gasteiger partial charge in [0.1, 0.15) is 12.3 Å². The van der Waals surface area contributed by atoms with E-state index in [1.54, 1.807) is 36.3 Å². The van der Waals surface area contributed by atoms with Crippen molar-refractivity contribution in [3.05, 3.63) is 53.9 Å². The number of carbonyl (C=O) groups is 2. The minimum absolute atomic E-state index is 0.0374. The molecule has 0 radical (unpaired) electrons. The molecule has 0 saturated carbocycles. The number of unbranched alkanes of at least 4 members (excludes halogenated alkanes) is 1. The van der Waals surface area contributed by atoms with Crippen LogP contribution in [0.4, 0.5) is 0 Å². The van der Waals surface area contributed by atoms with E-state index in [1.165, 1.54) is 0 Å². The Balaban J connectivity index is 2.18. The third kappa shape index (κ3) is 6.11. The van der Waals surface area contributed by atoms with Crippen molar-refractivity contribution in [2.24, 2.45) is 7.05 Å². The molecule has 2 rings (SSSR count). The minimum Gasteiger partial charge on any atom is -0.497 e. The molecule has 0 saturated heterocycles. The zero-order valence-electron chi connectivity index (χ0n) is 18.2. The Morgan fingerprint density at radius 1 is 1.17 bits per heavy atom. The largest absolute Gasteiger partial charge is 0.497 e. The number of methoxy groups -OCH3 is 1. The molecule has 1 heterocycles. The van der Waals surface area contributed by atoms with Gasteiger partial charge in [0.05, 0.1) is 13.7 Å². The second kappa shape index (κ2) is 10.7. The topological polar surface area (TPSA) is 54.8 Å². The smallest absolute Gasteiger partial charge is 0.254 e. The minimum atomic E-state index is -0.165. The van der Waals surface area contributed by atoms with E-state index < -0.39 is 0 Å². The van der Waals surface area contributed by atoms with Crippen molar-refractivity contribution < 1.29 is 14.3 Å². The van der Waals surface area contributed by atoms with Crippen LogP contribution in [0, 0.1) is 0 Å². The number of aryl methyl sites for hydroxylation is 1. The Morgan fingerprint density at radius 3 is 2.52 bits per heavy atom. The molecule has 2 aromatic rings. The average molecular weight is 400 g/mol. The van der Waals surface area contributed by atoms with Crippen LogP contribution in [0.25, 0.3) is 0 Å². The standard InChI is InChI=1S/C23H33N3O3/c1-6-7-14-25(16-20-11-9-13-24(20)4)22(27)17-26(18(2)3)23(28)19-10-8-12-21(15-19)29-5/h8-13,15,18H,6-7,14,16-17H2,1-5H3. The maximum Gasteiger partial charge on any atom is 0.254 e. The van der Waals surface area contributed by atoms with Crippen LogP contribution in [-0.4, -0.2) is 52.4 Å². The molecule has 0 spiro atoms. The first-order valence-electron chi connectivity index (χ1n) is 10.2. The van der Waals surface area contributed by atoms with E-state index >= 15 is 0 Å². The summed E-state index contributed by atoms with van der Waals surface area (Å²) < 4.78 is 7.25. The summed E-state index contributed by atoms with van der Waals surface area (Å²) in [4.78, 5) is 29.7. The average Bonchev–Trinajstić information content (AvgIpc) is 3.12. The van der Waals surface area contributed by atoms with Gasteiger partial charge >= 0.3 is 0 Å². The van der Waals surface area contributed by atoms with Gasteiger partial charge in [-0.15, -0.1) is 0 Å². The molecule has 29 heavy (non-hydrogen) atoms. The molecule has 0 N–H and O–H groups in total. The fourth-order valence-corrected chi connectivity index (χ4v) is 3.15. The summed E-state index contributed by atoms with van der Waals surface area (Å²) in [6, 6.07) is 11.0. The van der Waals surface area contributed by atoms with Gasteiger partial charge in [-0.25, -0.2) is 0 Å². The molecule has 158 valence electrons. The molecule has 0 aliphatic rings. The van der Waals surface area contributed by atoms with Gasteiger partial charge in [0.15, 0.2) is 0 Å². The summed E-state index contributed by atoms with van der Waals surface area (Å²) in [6.07, 6.45) is 3.92. The molecule has 6 heteroatoms. The van der Waals surface area contributed by atoms with Crippen LogP contribution in [0.1, 0.15) is 49.7 Å². The summed E-state index contributed by atoms with van der Waals surface area (Å²) in [7, 11) is 3.55. The molecule has 0 fully saturated rings. The first-order valence-corrected chi connectivity index (χ1v) is 10.2. The first-order chi connectivity index (χ1) is 13.9. The van der Waals surface area contributed by atoms with Gasteiger partial charge in [-0.1, -0.05) is 19.4 Å². The summed E-state index contributed by atoms with van der Waals surface area (Å²) in [6.45, 7) is 7.25. The van der Waals surface area contributed by atoms with Crippen LogP contribution in [0.3, 0.4) is 0 Å². The highest BCUT2D eigenvalue weighted by Gasteiger charge is 2.25. The van der Waals surface area contributed by atoms with Gasteiger partial charge in [-0.2, -0.15) is 0 Å². The molecule has 1 aromatic heterocycles. The van der Waals surface area contributed by atoms with Gasteiger partial charge in [-0.05, 0) is 50.6 Å². The number of carbonyl (C=O) groups excluding carboxylic acids is 2. The van der Waals surface area contributed by atoms with Crippen molar-refractivity contribution in [2.45, 2.75) is 46.2 Å². The zero-order chi connectivity index (χ0) is 21.4. The summed E-state index contributed by atoms with van der Waals surface area (Å²) in [5.41, 5.74) is 1.60. The van der Waals surface area contributed by atoms with Crippen molar-refractivity contribution in [3.63, 3.8) is 0 Å². The van der Waals surface area contributed by atoms with Gasteiger partial charge < -0.3 is 19.1 Å². The van der Waals surface area contributed by atoms with Gasteiger partial charge in [0, 0.05) is 37.1 Å². The predicted octanol–water partition coefficient (Wildman–Crippen LogP) is 3.71. The second-order valence-corrected chi connectivity index (χ2v) is 7.54. The van der Waals surface area contributed by atoms with Gasteiger partial charge in [0.25, 0.3) is 5.91 Å². The summed E-state index contributed by atoms with van der Waals surface area (Å²) >= 11 is 0. The number of amides is 2. The monoisotopic (exact) mass is 399 g/mol. The Morgan fingerprint density at radius 2 is 1.93 bits per heavy atom. The third-order valence-electron chi connectivity index (χ3n) is 5.04. The van der Waals surface area contributed by atoms with E-state index in [1.807, 2.05) is 48.7 Å². The van der Waals surface area contributed by atoms with Gasteiger partial charge in [0.2, 0.25) is 5.91 Å². The van der Waals surface area contributed by atoms with Crippen molar-refractivity contribution >= 4 is 11.8 Å². The number of hydrogen-bond donors (Lipinski definition) is 0. The van der Waals surface area contributed by atoms with E-state index in [9.17, 15) is 9.59 Å². The molecule has 2 amide bonds. The lowest BCUT2D eigenvalue weighted by Crippen LogP contribution is -2.46. The van der Waals surface area contributed by atoms with E-state index in [2.05, 4.69) is 6.92 Å². The van der Waals surface area contributed by atoms with Crippen LogP contribution in [0.15, 0.2) is 42.6 Å². The van der Waals surface area contributed by atoms with E-state index in [0.717, 1.165) is 18.5 Å². The van der Waals surface area contributed by atoms with Crippen LogP contribution in [0.5, 0.6) is 5.75 Å². The normalized spacial score (nSPS) is 10.8. The first kappa shape index (κ1) is 22.5. The highest BCUT2D eigenvalue weighted by atomic mass is 16.5. The molecule has 1 aromatic carbocycles. The zero-order valence-corrected chi connectivity index (χ0v) is 18.2. The highest BCUT2D eigenvalue weighted by Crippen LogP contribution is 2.16. The van der Waals surface area contributed by atoms with Crippen LogP contribution >= 0.6 is 0 Å². The Bertz CT molecular complexity index is 813. The number of hydrogen-bond acceptors (Lipinski definition) is 3. The fraction of sp³-hybridized carbons (Fsp3) is 0.478. The number of rotatable bonds is 10. The van der Waals surface area contributed by atoms with Crippen molar-refractivity contribution in [1.29, 1.82) is 0 Å². The third-order valence-corrected chi connectivity index (χ3v) is 5.04. The van der Waals surface area contributed by atoms with Gasteiger partial charge in [-0.3, -0.25) is 9.59 Å². The predicted molar refractivity (Wildman–Crippen MR) is 115 cm³/mol. The quantitative estimate of drug-likeness (QED) is 0.612. The molecule has 0 atom stereocenters. The van der Waals surface area contributed by atoms with Crippen LogP contribution in [-0.2, 0) is 18.4 Å². The maximum atomic E-state index is 13.2. The Hall–Kier alpha value is -2.76. The number of ether oxygens (including phenoxy) is 1. The molecule has 0 aliphatic heterocycles. The Labute approximate surface area is 174 Å². The fourth-order valence-electron chi connectivity index (χ4n) is 3.15. The Kier molecular flexibility index (Phi) is 8.31. The van der Waals surface area contributed by atoms with Crippen LogP contribution in [0.2, 0.25) is 0 Å². The lowest BCUT2D eigenvalue weighted by Gasteiger charge is -2.30. The van der Waals surface area contributed by atoms with Crippen LogP contribution < -0.4 is 4.74 Å². The van der Waals surface area contributed by atoms with Crippen molar-refractivity contribution in [2.75, 3.05) is 20.2 Å². The molecular formula is C23H33N3O3. The van der Waals surface area contributed by atoms with Crippen molar-refractivity contribution in [3.8, 4) is 5.75 Å². The van der Waals surface area contributed by atoms with E-state index in [0.29, 0.717) is 24.4 Å². The number of benzene rings is 1. The maximum absolute atomic E-state index is 13.2. The highest BCUT2D eigenvalue weighted by molar-refractivity contribution is 5.97. The molecule has 6 nitrogen and oxygen atoms in total. The summed E-state index contributed by atoms with van der Waals surface area (Å²) in [5.74, 6) is 0.422. The molecular weight excluding hydrogens is 366 g/mol. The number of aromatic nitrogens is 1. The SMILES string of the molecule is CCCCN(Cc1cccn1C)C(=O)CN(C(=O)c1cccc(OC)c1)C(C)C. The molecule has 0 unspecified atom stereocenters. The lowest BCUT2D eigenvalue weighted by molar-refractivity contribution is -0.133. The molecule has 0 aliphatic carbocycles. The van der Waals surface area contributed by atoms with E-state index in [4.69, 9.17) is 4.74 Å². The molecule has 0 bridgehead atoms. The lowest BCUT2D eigenvalue weighted by atomic mass is 10.1. The summed E-state index contributed by atoms with van der Waals surface area (Å²) in [5, 5.41) is 0. The second-order valence-electron chi connectivity index (χ2n) is 7.54. The van der Waals surface area contributed by atoms with Crippen molar-refractivity contribution in [1.82, 2.24) is 14.4 Å². The van der Waals surface area contributed by atoms with E-state index in [-0.39, 0.29) is 24.4 Å². The number of nitrogens with zero attached hydrogens (tertiary/aromatic N) is 3.